The number of carbonyl (C=O) groups is 2. The Morgan fingerprint density at radius 1 is 0.964 bits per heavy atom. The van der Waals surface area contributed by atoms with Crippen molar-refractivity contribution in [2.75, 3.05) is 5.32 Å². The van der Waals surface area contributed by atoms with E-state index in [4.69, 9.17) is 4.74 Å². The van der Waals surface area contributed by atoms with Crippen molar-refractivity contribution in [2.24, 2.45) is 17.3 Å². The maximum Gasteiger partial charge on any atom is 0.357 e. The molecule has 0 saturated heterocycles. The third kappa shape index (κ3) is 2.97. The molecule has 0 aliphatic heterocycles. The standard InChI is InChI=1S/C22H23N3O3/c26-19(17-5-1-3-7-23-17)28-22-12-15-9-16(13-22)11-21(10-15,14-22)20(27)25-18-6-2-4-8-24-18/h1-8,15-16H,9-14H2,(H,24,25,27). The molecule has 0 aromatic carbocycles. The van der Waals surface area contributed by atoms with Crippen molar-refractivity contribution >= 4 is 17.7 Å². The van der Waals surface area contributed by atoms with Gasteiger partial charge in [-0.2, -0.15) is 0 Å². The zero-order valence-corrected chi connectivity index (χ0v) is 15.6. The van der Waals surface area contributed by atoms with Gasteiger partial charge in [-0.25, -0.2) is 14.8 Å². The van der Waals surface area contributed by atoms with E-state index in [1.807, 2.05) is 12.1 Å². The van der Waals surface area contributed by atoms with Crippen molar-refractivity contribution in [1.29, 1.82) is 0 Å². The average Bonchev–Trinajstić information content (AvgIpc) is 2.68. The summed E-state index contributed by atoms with van der Waals surface area (Å²) in [5.74, 6) is 1.05. The van der Waals surface area contributed by atoms with Crippen LogP contribution in [0.4, 0.5) is 5.82 Å². The molecule has 4 aliphatic rings. The molecule has 4 fully saturated rings. The van der Waals surface area contributed by atoms with E-state index in [-0.39, 0.29) is 11.9 Å². The van der Waals surface area contributed by atoms with E-state index >= 15 is 0 Å². The topological polar surface area (TPSA) is 81.2 Å². The van der Waals surface area contributed by atoms with E-state index in [1.165, 1.54) is 0 Å². The lowest BCUT2D eigenvalue weighted by Crippen LogP contribution is -2.60. The number of nitrogens with one attached hydrogen (secondary N) is 1. The first-order chi connectivity index (χ1) is 13.6. The Balaban J connectivity index is 1.39. The number of ether oxygens (including phenoxy) is 1. The van der Waals surface area contributed by atoms with Gasteiger partial charge in [-0.05, 0) is 68.2 Å². The van der Waals surface area contributed by atoms with Gasteiger partial charge in [-0.15, -0.1) is 0 Å². The highest BCUT2D eigenvalue weighted by Crippen LogP contribution is 2.63. The van der Waals surface area contributed by atoms with Crippen molar-refractivity contribution < 1.29 is 14.3 Å². The second kappa shape index (κ2) is 6.40. The summed E-state index contributed by atoms with van der Waals surface area (Å²) in [6.07, 6.45) is 8.41. The van der Waals surface area contributed by atoms with Crippen LogP contribution in [-0.4, -0.2) is 27.4 Å². The SMILES string of the molecule is O=C(OC12CC3CC(C1)CC(C(=O)Nc1ccccn1)(C3)C2)c1ccccn1. The van der Waals surface area contributed by atoms with Crippen molar-refractivity contribution in [3.05, 3.63) is 54.5 Å². The Hall–Kier alpha value is -2.76. The number of pyridine rings is 2. The molecule has 28 heavy (non-hydrogen) atoms. The number of amides is 1. The molecule has 4 aliphatic carbocycles. The van der Waals surface area contributed by atoms with Crippen LogP contribution < -0.4 is 5.32 Å². The number of hydrogen-bond donors (Lipinski definition) is 1. The smallest absolute Gasteiger partial charge is 0.357 e. The highest BCUT2D eigenvalue weighted by molar-refractivity contribution is 5.95. The van der Waals surface area contributed by atoms with E-state index in [0.717, 1.165) is 32.1 Å². The molecule has 2 aromatic rings. The zero-order chi connectivity index (χ0) is 19.2. The molecule has 144 valence electrons. The first-order valence-electron chi connectivity index (χ1n) is 9.93. The number of nitrogens with zero attached hydrogens (tertiary/aromatic N) is 2. The van der Waals surface area contributed by atoms with Crippen LogP contribution >= 0.6 is 0 Å². The molecule has 0 spiro atoms. The van der Waals surface area contributed by atoms with Gasteiger partial charge in [0.25, 0.3) is 0 Å². The quantitative estimate of drug-likeness (QED) is 0.823. The van der Waals surface area contributed by atoms with Crippen LogP contribution in [0.1, 0.15) is 49.0 Å². The van der Waals surface area contributed by atoms with Gasteiger partial charge in [-0.3, -0.25) is 4.79 Å². The molecule has 1 amide bonds. The zero-order valence-electron chi connectivity index (χ0n) is 15.6. The molecule has 6 heteroatoms. The molecule has 6 nitrogen and oxygen atoms in total. The van der Waals surface area contributed by atoms with E-state index in [0.29, 0.717) is 29.8 Å². The van der Waals surface area contributed by atoms with Crippen LogP contribution in [0.15, 0.2) is 48.8 Å². The predicted molar refractivity (Wildman–Crippen MR) is 102 cm³/mol. The number of anilines is 1. The third-order valence-electron chi connectivity index (χ3n) is 6.58. The second-order valence-electron chi connectivity index (χ2n) is 8.70. The average molecular weight is 377 g/mol. The summed E-state index contributed by atoms with van der Waals surface area (Å²) in [6.45, 7) is 0. The number of esters is 1. The first-order valence-corrected chi connectivity index (χ1v) is 9.93. The van der Waals surface area contributed by atoms with E-state index in [1.54, 1.807) is 36.7 Å². The summed E-state index contributed by atoms with van der Waals surface area (Å²) in [4.78, 5) is 34.3. The van der Waals surface area contributed by atoms with Crippen LogP contribution in [0.2, 0.25) is 0 Å². The minimum atomic E-state index is -0.555. The number of carbonyl (C=O) groups excluding carboxylic acids is 2. The summed E-state index contributed by atoms with van der Waals surface area (Å²) in [7, 11) is 0. The number of hydrogen-bond acceptors (Lipinski definition) is 5. The molecular weight excluding hydrogens is 354 g/mol. The highest BCUT2D eigenvalue weighted by atomic mass is 16.6. The molecule has 2 aromatic heterocycles. The van der Waals surface area contributed by atoms with Gasteiger partial charge in [0.05, 0.1) is 5.41 Å². The number of aromatic nitrogens is 2. The molecule has 4 saturated carbocycles. The predicted octanol–water partition coefficient (Wildman–Crippen LogP) is 3.61. The summed E-state index contributed by atoms with van der Waals surface area (Å²) in [6, 6.07) is 10.7. The molecule has 2 heterocycles. The minimum Gasteiger partial charge on any atom is -0.454 e. The summed E-state index contributed by atoms with van der Waals surface area (Å²) < 4.78 is 6.07. The maximum atomic E-state index is 13.3. The molecule has 2 unspecified atom stereocenters. The van der Waals surface area contributed by atoms with Gasteiger partial charge in [0.2, 0.25) is 5.91 Å². The summed E-state index contributed by atoms with van der Waals surface area (Å²) >= 11 is 0. The van der Waals surface area contributed by atoms with E-state index in [9.17, 15) is 9.59 Å². The lowest BCUT2D eigenvalue weighted by molar-refractivity contribution is -0.176. The molecular formula is C22H23N3O3. The Labute approximate surface area is 163 Å². The normalized spacial score (nSPS) is 32.7. The van der Waals surface area contributed by atoms with Gasteiger partial charge < -0.3 is 10.1 Å². The largest absolute Gasteiger partial charge is 0.454 e. The van der Waals surface area contributed by atoms with Gasteiger partial charge >= 0.3 is 5.97 Å². The molecule has 2 atom stereocenters. The van der Waals surface area contributed by atoms with Gasteiger partial charge in [0.15, 0.2) is 0 Å². The van der Waals surface area contributed by atoms with Crippen LogP contribution in [0.25, 0.3) is 0 Å². The maximum absolute atomic E-state index is 13.3. The fourth-order valence-corrected chi connectivity index (χ4v) is 5.98. The molecule has 4 bridgehead atoms. The third-order valence-corrected chi connectivity index (χ3v) is 6.58. The van der Waals surface area contributed by atoms with E-state index in [2.05, 4.69) is 15.3 Å². The lowest BCUT2D eigenvalue weighted by atomic mass is 9.47. The van der Waals surface area contributed by atoms with E-state index < -0.39 is 11.0 Å². The van der Waals surface area contributed by atoms with Gasteiger partial charge in [-0.1, -0.05) is 12.1 Å². The number of rotatable bonds is 4. The minimum absolute atomic E-state index is 0.0126. The van der Waals surface area contributed by atoms with Crippen molar-refractivity contribution in [2.45, 2.75) is 44.1 Å². The van der Waals surface area contributed by atoms with Crippen molar-refractivity contribution in [3.8, 4) is 0 Å². The fourth-order valence-electron chi connectivity index (χ4n) is 5.98. The van der Waals surface area contributed by atoms with Gasteiger partial charge in [0.1, 0.15) is 17.1 Å². The lowest BCUT2D eigenvalue weighted by Gasteiger charge is -2.60. The Morgan fingerprint density at radius 3 is 2.32 bits per heavy atom. The Bertz CT molecular complexity index is 886. The Kier molecular flexibility index (Phi) is 3.96. The molecule has 0 radical (unpaired) electrons. The Morgan fingerprint density at radius 2 is 1.68 bits per heavy atom. The monoisotopic (exact) mass is 377 g/mol. The fraction of sp³-hybridized carbons (Fsp3) is 0.455. The van der Waals surface area contributed by atoms with Crippen molar-refractivity contribution in [3.63, 3.8) is 0 Å². The van der Waals surface area contributed by atoms with Crippen LogP contribution in [0, 0.1) is 17.3 Å². The second-order valence-corrected chi connectivity index (χ2v) is 8.70. The first kappa shape index (κ1) is 17.3. The van der Waals surface area contributed by atoms with Crippen LogP contribution in [-0.2, 0) is 9.53 Å². The highest BCUT2D eigenvalue weighted by Gasteiger charge is 2.62. The van der Waals surface area contributed by atoms with Gasteiger partial charge in [0, 0.05) is 18.8 Å². The summed E-state index contributed by atoms with van der Waals surface area (Å²) in [5.41, 5.74) is -0.711. The summed E-state index contributed by atoms with van der Waals surface area (Å²) in [5, 5.41) is 3.00. The molecule has 6 rings (SSSR count). The van der Waals surface area contributed by atoms with Crippen molar-refractivity contribution in [1.82, 2.24) is 9.97 Å². The van der Waals surface area contributed by atoms with Crippen LogP contribution in [0.3, 0.4) is 0 Å². The molecule has 1 N–H and O–H groups in total. The van der Waals surface area contributed by atoms with Crippen LogP contribution in [0.5, 0.6) is 0 Å².